The standard InChI is InChI=1S/C15H14BrF2N3/c1-19-11-3-2-4-12-9(11)7-20-15(21-12)8-5-6-10(17)14(18)13(8)16/h5-7,11,19H,2-4H2,1H3. The second-order valence-electron chi connectivity index (χ2n) is 5.05. The minimum atomic E-state index is -0.915. The van der Waals surface area contributed by atoms with Crippen LogP contribution < -0.4 is 5.32 Å². The van der Waals surface area contributed by atoms with Crippen molar-refractivity contribution in [1.82, 2.24) is 15.3 Å². The molecule has 1 aromatic carbocycles. The van der Waals surface area contributed by atoms with E-state index in [1.54, 1.807) is 6.20 Å². The highest BCUT2D eigenvalue weighted by Gasteiger charge is 2.22. The molecule has 0 saturated carbocycles. The SMILES string of the molecule is CNC1CCCc2nc(-c3ccc(F)c(F)c3Br)ncc21. The summed E-state index contributed by atoms with van der Waals surface area (Å²) in [4.78, 5) is 8.86. The molecule has 21 heavy (non-hydrogen) atoms. The molecule has 110 valence electrons. The Balaban J connectivity index is 2.07. The maximum absolute atomic E-state index is 13.6. The Morgan fingerprint density at radius 2 is 2.14 bits per heavy atom. The summed E-state index contributed by atoms with van der Waals surface area (Å²) < 4.78 is 26.9. The lowest BCUT2D eigenvalue weighted by molar-refractivity contribution is 0.487. The highest BCUT2D eigenvalue weighted by atomic mass is 79.9. The van der Waals surface area contributed by atoms with E-state index in [1.165, 1.54) is 6.07 Å². The van der Waals surface area contributed by atoms with Crippen molar-refractivity contribution in [1.29, 1.82) is 0 Å². The molecule has 0 bridgehead atoms. The van der Waals surface area contributed by atoms with Gasteiger partial charge in [-0.2, -0.15) is 0 Å². The van der Waals surface area contributed by atoms with Gasteiger partial charge in [0.25, 0.3) is 0 Å². The van der Waals surface area contributed by atoms with Crippen molar-refractivity contribution in [3.05, 3.63) is 45.7 Å². The van der Waals surface area contributed by atoms with Crippen molar-refractivity contribution < 1.29 is 8.78 Å². The highest BCUT2D eigenvalue weighted by molar-refractivity contribution is 9.10. The molecule has 0 aliphatic heterocycles. The molecule has 0 fully saturated rings. The average Bonchev–Trinajstić information content (AvgIpc) is 2.51. The Labute approximate surface area is 129 Å². The zero-order valence-corrected chi connectivity index (χ0v) is 13.0. The first-order valence-corrected chi connectivity index (χ1v) is 7.58. The fourth-order valence-corrected chi connectivity index (χ4v) is 3.17. The molecule has 0 amide bonds. The summed E-state index contributed by atoms with van der Waals surface area (Å²) in [6, 6.07) is 2.84. The zero-order valence-electron chi connectivity index (χ0n) is 11.5. The predicted octanol–water partition coefficient (Wildman–Crippen LogP) is 3.78. The minimum absolute atomic E-state index is 0.0587. The van der Waals surface area contributed by atoms with Crippen LogP contribution in [0.3, 0.4) is 0 Å². The van der Waals surface area contributed by atoms with E-state index in [4.69, 9.17) is 0 Å². The number of benzene rings is 1. The van der Waals surface area contributed by atoms with Crippen molar-refractivity contribution in [2.45, 2.75) is 25.3 Å². The summed E-state index contributed by atoms with van der Waals surface area (Å²) in [6.45, 7) is 0. The van der Waals surface area contributed by atoms with Gasteiger partial charge in [-0.15, -0.1) is 0 Å². The van der Waals surface area contributed by atoms with Gasteiger partial charge >= 0.3 is 0 Å². The van der Waals surface area contributed by atoms with Gasteiger partial charge in [0.2, 0.25) is 0 Å². The lowest BCUT2D eigenvalue weighted by Gasteiger charge is -2.24. The monoisotopic (exact) mass is 353 g/mol. The van der Waals surface area contributed by atoms with E-state index in [2.05, 4.69) is 31.2 Å². The van der Waals surface area contributed by atoms with Gasteiger partial charge < -0.3 is 5.32 Å². The van der Waals surface area contributed by atoms with Gasteiger partial charge in [0, 0.05) is 29.1 Å². The van der Waals surface area contributed by atoms with Gasteiger partial charge in [-0.05, 0) is 54.4 Å². The molecule has 1 aliphatic carbocycles. The number of aryl methyl sites for hydroxylation is 1. The van der Waals surface area contributed by atoms with E-state index in [0.29, 0.717) is 11.4 Å². The van der Waals surface area contributed by atoms with Crippen LogP contribution in [0.1, 0.15) is 30.1 Å². The number of halogens is 3. The van der Waals surface area contributed by atoms with Crippen molar-refractivity contribution >= 4 is 15.9 Å². The summed E-state index contributed by atoms with van der Waals surface area (Å²) >= 11 is 3.08. The van der Waals surface area contributed by atoms with Gasteiger partial charge in [-0.3, -0.25) is 0 Å². The number of aromatic nitrogens is 2. The van der Waals surface area contributed by atoms with E-state index in [0.717, 1.165) is 36.6 Å². The maximum atomic E-state index is 13.6. The largest absolute Gasteiger partial charge is 0.313 e. The van der Waals surface area contributed by atoms with Gasteiger partial charge in [-0.1, -0.05) is 0 Å². The van der Waals surface area contributed by atoms with Crippen molar-refractivity contribution in [3.8, 4) is 11.4 Å². The number of fused-ring (bicyclic) bond motifs is 1. The Morgan fingerprint density at radius 1 is 1.33 bits per heavy atom. The van der Waals surface area contributed by atoms with Gasteiger partial charge in [0.15, 0.2) is 17.5 Å². The predicted molar refractivity (Wildman–Crippen MR) is 79.8 cm³/mol. The molecule has 1 heterocycles. The third-order valence-electron chi connectivity index (χ3n) is 3.81. The van der Waals surface area contributed by atoms with Crippen molar-refractivity contribution in [3.63, 3.8) is 0 Å². The van der Waals surface area contributed by atoms with E-state index < -0.39 is 11.6 Å². The first-order valence-electron chi connectivity index (χ1n) is 6.78. The number of nitrogens with one attached hydrogen (secondary N) is 1. The summed E-state index contributed by atoms with van der Waals surface area (Å²) in [7, 11) is 1.92. The number of hydrogen-bond acceptors (Lipinski definition) is 3. The lowest BCUT2D eigenvalue weighted by atomic mass is 9.92. The second-order valence-corrected chi connectivity index (χ2v) is 5.85. The first-order chi connectivity index (χ1) is 10.1. The van der Waals surface area contributed by atoms with Crippen LogP contribution in [0.2, 0.25) is 0 Å². The summed E-state index contributed by atoms with van der Waals surface area (Å²) in [5.74, 6) is -1.39. The van der Waals surface area contributed by atoms with Crippen LogP contribution in [0.4, 0.5) is 8.78 Å². The highest BCUT2D eigenvalue weighted by Crippen LogP contribution is 2.32. The molecule has 6 heteroatoms. The number of rotatable bonds is 2. The van der Waals surface area contributed by atoms with Crippen LogP contribution in [-0.2, 0) is 6.42 Å². The molecule has 0 spiro atoms. The first kappa shape index (κ1) is 14.5. The molecular formula is C15H14BrF2N3. The number of nitrogens with zero attached hydrogens (tertiary/aromatic N) is 2. The molecule has 1 atom stereocenters. The molecule has 1 N–H and O–H groups in total. The van der Waals surface area contributed by atoms with Crippen LogP contribution in [0.25, 0.3) is 11.4 Å². The average molecular weight is 354 g/mol. The minimum Gasteiger partial charge on any atom is -0.313 e. The van der Waals surface area contributed by atoms with Crippen molar-refractivity contribution in [2.75, 3.05) is 7.05 Å². The fraction of sp³-hybridized carbons (Fsp3) is 0.333. The molecule has 1 aliphatic rings. The van der Waals surface area contributed by atoms with Gasteiger partial charge in [-0.25, -0.2) is 18.7 Å². The van der Waals surface area contributed by atoms with E-state index in [1.807, 2.05) is 7.05 Å². The van der Waals surface area contributed by atoms with Crippen LogP contribution >= 0.6 is 15.9 Å². The maximum Gasteiger partial charge on any atom is 0.173 e. The van der Waals surface area contributed by atoms with Gasteiger partial charge in [0.1, 0.15) is 0 Å². The van der Waals surface area contributed by atoms with E-state index in [-0.39, 0.29) is 10.5 Å². The topological polar surface area (TPSA) is 37.8 Å². The van der Waals surface area contributed by atoms with Crippen LogP contribution in [0, 0.1) is 11.6 Å². The van der Waals surface area contributed by atoms with E-state index in [9.17, 15) is 8.78 Å². The molecule has 1 aromatic heterocycles. The van der Waals surface area contributed by atoms with Crippen LogP contribution in [0.5, 0.6) is 0 Å². The zero-order chi connectivity index (χ0) is 15.0. The molecule has 1 unspecified atom stereocenters. The quantitative estimate of drug-likeness (QED) is 0.834. The van der Waals surface area contributed by atoms with Crippen molar-refractivity contribution in [2.24, 2.45) is 0 Å². The Kier molecular flexibility index (Phi) is 3.99. The summed E-state index contributed by atoms with van der Waals surface area (Å²) in [6.07, 6.45) is 4.77. The van der Waals surface area contributed by atoms with E-state index >= 15 is 0 Å². The number of hydrogen-bond donors (Lipinski definition) is 1. The Hall–Kier alpha value is -1.40. The Bertz CT molecular complexity index is 691. The van der Waals surface area contributed by atoms with Gasteiger partial charge in [0.05, 0.1) is 4.47 Å². The van der Waals surface area contributed by atoms with Crippen LogP contribution in [-0.4, -0.2) is 17.0 Å². The van der Waals surface area contributed by atoms with Crippen LogP contribution in [0.15, 0.2) is 22.8 Å². The summed E-state index contributed by atoms with van der Waals surface area (Å²) in [5.41, 5.74) is 2.52. The third kappa shape index (κ3) is 2.58. The molecule has 3 nitrogen and oxygen atoms in total. The second kappa shape index (κ2) is 5.77. The molecule has 0 saturated heterocycles. The summed E-state index contributed by atoms with van der Waals surface area (Å²) in [5, 5.41) is 3.25. The fourth-order valence-electron chi connectivity index (χ4n) is 2.68. The third-order valence-corrected chi connectivity index (χ3v) is 4.58. The smallest absolute Gasteiger partial charge is 0.173 e. The molecule has 2 aromatic rings. The normalized spacial score (nSPS) is 17.6. The molecule has 0 radical (unpaired) electrons. The molecule has 3 rings (SSSR count). The molecular weight excluding hydrogens is 340 g/mol. The Morgan fingerprint density at radius 3 is 2.90 bits per heavy atom. The lowest BCUT2D eigenvalue weighted by Crippen LogP contribution is -2.22.